The fraction of sp³-hybridized carbons (Fsp3) is 0.542. The van der Waals surface area contributed by atoms with Gasteiger partial charge >= 0.3 is 0 Å². The summed E-state index contributed by atoms with van der Waals surface area (Å²) in [5.41, 5.74) is 2.08. The first kappa shape index (κ1) is 21.2. The Morgan fingerprint density at radius 1 is 1.23 bits per heavy atom. The summed E-state index contributed by atoms with van der Waals surface area (Å²) in [5, 5.41) is 12.3. The van der Waals surface area contributed by atoms with E-state index in [0.29, 0.717) is 22.7 Å². The van der Waals surface area contributed by atoms with Crippen LogP contribution in [0.15, 0.2) is 46.0 Å². The molecule has 3 aliphatic rings. The highest BCUT2D eigenvalue weighted by molar-refractivity contribution is 8.13. The first-order valence-electron chi connectivity index (χ1n) is 11.2. The molecule has 0 saturated heterocycles. The van der Waals surface area contributed by atoms with Gasteiger partial charge < -0.3 is 0 Å². The number of hydrogen-bond donors (Lipinski definition) is 1. The van der Waals surface area contributed by atoms with Crippen LogP contribution in [-0.4, -0.2) is 28.0 Å². The molecule has 1 N–H and O–H groups in total. The normalized spacial score (nSPS) is 25.6. The van der Waals surface area contributed by atoms with Gasteiger partial charge in [-0.05, 0) is 38.2 Å². The third-order valence-electron chi connectivity index (χ3n) is 6.28. The van der Waals surface area contributed by atoms with Gasteiger partial charge in [-0.25, -0.2) is 5.01 Å². The largest absolute Gasteiger partial charge is 0.298 e. The highest BCUT2D eigenvalue weighted by atomic mass is 32.2. The number of benzene rings is 1. The van der Waals surface area contributed by atoms with Crippen molar-refractivity contribution >= 4 is 28.5 Å². The summed E-state index contributed by atoms with van der Waals surface area (Å²) < 4.78 is 0. The lowest BCUT2D eigenvalue weighted by Gasteiger charge is -2.40. The molecule has 1 amide bonds. The molecule has 160 valence electrons. The Morgan fingerprint density at radius 2 is 2.07 bits per heavy atom. The monoisotopic (exact) mass is 424 g/mol. The summed E-state index contributed by atoms with van der Waals surface area (Å²) >= 11 is 1.65. The van der Waals surface area contributed by atoms with Gasteiger partial charge in [-0.15, -0.1) is 5.10 Å². The maximum Gasteiger partial charge on any atom is 0.276 e. The van der Waals surface area contributed by atoms with Crippen molar-refractivity contribution in [2.45, 2.75) is 65.5 Å². The molecule has 3 atom stereocenters. The SMILES string of the molecule is CCCCCCSC1=NN2C(=c3ccccc3=N[C@@H]2[C@@H]2CC=C(C)C[C@@H]2C)C(=O)N1. The van der Waals surface area contributed by atoms with Crippen LogP contribution in [0, 0.1) is 11.8 Å². The van der Waals surface area contributed by atoms with Crippen LogP contribution in [0.25, 0.3) is 5.70 Å². The summed E-state index contributed by atoms with van der Waals surface area (Å²) in [6.45, 7) is 6.72. The second-order valence-corrected chi connectivity index (χ2v) is 9.74. The summed E-state index contributed by atoms with van der Waals surface area (Å²) in [7, 11) is 0. The number of fused-ring (bicyclic) bond motifs is 2. The van der Waals surface area contributed by atoms with Gasteiger partial charge in [0.25, 0.3) is 5.91 Å². The van der Waals surface area contributed by atoms with Crippen molar-refractivity contribution < 1.29 is 4.79 Å². The minimum Gasteiger partial charge on any atom is -0.298 e. The van der Waals surface area contributed by atoms with Gasteiger partial charge in [0.2, 0.25) is 0 Å². The van der Waals surface area contributed by atoms with Crippen molar-refractivity contribution in [2.75, 3.05) is 5.75 Å². The third-order valence-corrected chi connectivity index (χ3v) is 7.23. The summed E-state index contributed by atoms with van der Waals surface area (Å²) in [6.07, 6.45) is 9.10. The Bertz CT molecular complexity index is 983. The molecule has 0 spiro atoms. The molecular formula is C24H32N4OS. The van der Waals surface area contributed by atoms with Crippen molar-refractivity contribution in [3.8, 4) is 0 Å². The highest BCUT2D eigenvalue weighted by Gasteiger charge is 2.39. The number of hydrazone groups is 1. The summed E-state index contributed by atoms with van der Waals surface area (Å²) in [5.74, 6) is 1.74. The number of hydrogen-bond acceptors (Lipinski definition) is 5. The lowest BCUT2D eigenvalue weighted by molar-refractivity contribution is -0.116. The Kier molecular flexibility index (Phi) is 6.61. The highest BCUT2D eigenvalue weighted by Crippen LogP contribution is 2.36. The molecule has 1 aromatic rings. The van der Waals surface area contributed by atoms with Gasteiger partial charge in [-0.2, -0.15) is 0 Å². The average molecular weight is 425 g/mol. The smallest absolute Gasteiger partial charge is 0.276 e. The molecule has 1 aliphatic carbocycles. The molecule has 0 saturated carbocycles. The van der Waals surface area contributed by atoms with Crippen molar-refractivity contribution in [1.82, 2.24) is 10.3 Å². The zero-order valence-corrected chi connectivity index (χ0v) is 19.0. The maximum absolute atomic E-state index is 13.2. The second kappa shape index (κ2) is 9.38. The molecule has 1 aromatic carbocycles. The van der Waals surface area contributed by atoms with E-state index >= 15 is 0 Å². The van der Waals surface area contributed by atoms with Crippen LogP contribution in [0.1, 0.15) is 59.3 Å². The number of carbonyl (C=O) groups excluding carboxylic acids is 1. The summed E-state index contributed by atoms with van der Waals surface area (Å²) in [6, 6.07) is 7.94. The quantitative estimate of drug-likeness (QED) is 0.559. The first-order chi connectivity index (χ1) is 14.6. The minimum absolute atomic E-state index is 0.0661. The zero-order valence-electron chi connectivity index (χ0n) is 18.2. The molecule has 4 rings (SSSR count). The van der Waals surface area contributed by atoms with Gasteiger partial charge in [0.05, 0.1) is 5.36 Å². The molecule has 5 nitrogen and oxygen atoms in total. The predicted octanol–water partition coefficient (Wildman–Crippen LogP) is 3.76. The molecule has 0 fully saturated rings. The fourth-order valence-electron chi connectivity index (χ4n) is 4.62. The van der Waals surface area contributed by atoms with E-state index in [9.17, 15) is 4.79 Å². The van der Waals surface area contributed by atoms with Gasteiger partial charge in [-0.1, -0.05) is 74.7 Å². The van der Waals surface area contributed by atoms with Crippen LogP contribution >= 0.6 is 11.8 Å². The van der Waals surface area contributed by atoms with Crippen LogP contribution in [-0.2, 0) is 4.79 Å². The number of nitrogens with one attached hydrogen (secondary N) is 1. The minimum atomic E-state index is -0.143. The van der Waals surface area contributed by atoms with Crippen LogP contribution in [0.4, 0.5) is 0 Å². The van der Waals surface area contributed by atoms with Gasteiger partial charge in [-0.3, -0.25) is 15.1 Å². The van der Waals surface area contributed by atoms with E-state index in [-0.39, 0.29) is 12.1 Å². The van der Waals surface area contributed by atoms with E-state index in [1.54, 1.807) is 11.8 Å². The number of unbranched alkanes of at least 4 members (excludes halogenated alkanes) is 3. The number of rotatable bonds is 6. The van der Waals surface area contributed by atoms with E-state index in [1.807, 2.05) is 29.3 Å². The predicted molar refractivity (Wildman–Crippen MR) is 124 cm³/mol. The van der Waals surface area contributed by atoms with E-state index in [1.165, 1.54) is 24.8 Å². The molecule has 0 aromatic heterocycles. The fourth-order valence-corrected chi connectivity index (χ4v) is 5.47. The van der Waals surface area contributed by atoms with Crippen molar-refractivity contribution in [3.05, 3.63) is 46.5 Å². The first-order valence-corrected chi connectivity index (χ1v) is 12.2. The van der Waals surface area contributed by atoms with E-state index in [2.05, 4.69) is 32.2 Å². The van der Waals surface area contributed by atoms with E-state index in [4.69, 9.17) is 10.1 Å². The molecular weight excluding hydrogens is 392 g/mol. The lowest BCUT2D eigenvalue weighted by atomic mass is 9.79. The Labute approximate surface area is 183 Å². The number of nitrogens with zero attached hydrogens (tertiary/aromatic N) is 3. The standard InChI is InChI=1S/C24H32N4OS/c1-4-5-6-9-14-30-24-26-23(29)21-19-10-7-8-11-20(19)25-22(28(21)27-24)18-13-12-16(2)15-17(18)3/h7-8,10-12,17-18,22H,4-6,9,13-15H2,1-3H3,(H,26,27,29)/t17-,18+,22-/m0/s1. The molecule has 6 heteroatoms. The molecule has 0 unspecified atom stereocenters. The topological polar surface area (TPSA) is 57.1 Å². The van der Waals surface area contributed by atoms with Crippen molar-refractivity contribution in [3.63, 3.8) is 0 Å². The van der Waals surface area contributed by atoms with Gasteiger partial charge in [0, 0.05) is 16.9 Å². The third kappa shape index (κ3) is 4.34. The van der Waals surface area contributed by atoms with Crippen LogP contribution < -0.4 is 15.9 Å². The van der Waals surface area contributed by atoms with Crippen molar-refractivity contribution in [2.24, 2.45) is 21.9 Å². The average Bonchev–Trinajstić information content (AvgIpc) is 2.73. The van der Waals surface area contributed by atoms with E-state index in [0.717, 1.165) is 35.6 Å². The molecule has 0 radical (unpaired) electrons. The number of amidine groups is 1. The second-order valence-electron chi connectivity index (χ2n) is 8.65. The number of carbonyl (C=O) groups is 1. The Hall–Kier alpha value is -2.08. The van der Waals surface area contributed by atoms with E-state index < -0.39 is 0 Å². The molecule has 30 heavy (non-hydrogen) atoms. The number of amides is 1. The van der Waals surface area contributed by atoms with Gasteiger partial charge in [0.15, 0.2) is 5.17 Å². The Morgan fingerprint density at radius 3 is 2.87 bits per heavy atom. The van der Waals surface area contributed by atoms with Crippen LogP contribution in [0.3, 0.4) is 0 Å². The lowest BCUT2D eigenvalue weighted by Crippen LogP contribution is -2.55. The zero-order chi connectivity index (χ0) is 21.1. The summed E-state index contributed by atoms with van der Waals surface area (Å²) in [4.78, 5) is 18.3. The van der Waals surface area contributed by atoms with Crippen LogP contribution in [0.2, 0.25) is 0 Å². The number of para-hydroxylation sites is 1. The van der Waals surface area contributed by atoms with Crippen LogP contribution in [0.5, 0.6) is 0 Å². The molecule has 2 aliphatic heterocycles. The maximum atomic E-state index is 13.2. The number of thioether (sulfide) groups is 1. The molecule has 2 heterocycles. The van der Waals surface area contributed by atoms with Gasteiger partial charge in [0.1, 0.15) is 11.9 Å². The van der Waals surface area contributed by atoms with Crippen molar-refractivity contribution in [1.29, 1.82) is 0 Å². The Balaban J connectivity index is 1.67. The number of allylic oxidation sites excluding steroid dienone is 2. The molecule has 0 bridgehead atoms.